The fourth-order valence-electron chi connectivity index (χ4n) is 0.982. The Hall–Kier alpha value is -0.120. The van der Waals surface area contributed by atoms with Gasteiger partial charge in [-0.25, -0.2) is 0 Å². The number of ether oxygens (including phenoxy) is 1. The first kappa shape index (κ1) is 12.9. The maximum Gasteiger partial charge on any atom is 0.0687 e. The molecule has 0 saturated carbocycles. The van der Waals surface area contributed by atoms with E-state index in [1.165, 1.54) is 0 Å². The molecule has 0 aliphatic carbocycles. The molecule has 3 nitrogen and oxygen atoms in total. The average molecular weight is 189 g/mol. The van der Waals surface area contributed by atoms with E-state index >= 15 is 0 Å². The summed E-state index contributed by atoms with van der Waals surface area (Å²) in [5.74, 6) is 0.339. The first-order valence-electron chi connectivity index (χ1n) is 5.06. The SMILES string of the molecule is COCCCCNCC(O)C(C)C. The van der Waals surface area contributed by atoms with E-state index in [9.17, 15) is 5.11 Å². The minimum Gasteiger partial charge on any atom is -0.392 e. The minimum atomic E-state index is -0.220. The highest BCUT2D eigenvalue weighted by atomic mass is 16.5. The van der Waals surface area contributed by atoms with Gasteiger partial charge in [-0.15, -0.1) is 0 Å². The zero-order valence-corrected chi connectivity index (χ0v) is 9.05. The van der Waals surface area contributed by atoms with Crippen LogP contribution in [0.15, 0.2) is 0 Å². The second-order valence-electron chi connectivity index (χ2n) is 3.72. The predicted molar refractivity (Wildman–Crippen MR) is 54.8 cm³/mol. The van der Waals surface area contributed by atoms with Crippen molar-refractivity contribution in [2.75, 3.05) is 26.8 Å². The van der Waals surface area contributed by atoms with E-state index in [2.05, 4.69) is 5.32 Å². The molecular formula is C10H23NO2. The zero-order chi connectivity index (χ0) is 10.1. The Kier molecular flexibility index (Phi) is 8.40. The molecule has 0 rings (SSSR count). The molecule has 0 aromatic heterocycles. The molecule has 2 N–H and O–H groups in total. The van der Waals surface area contributed by atoms with Crippen molar-refractivity contribution in [3.05, 3.63) is 0 Å². The molecule has 0 aromatic rings. The van der Waals surface area contributed by atoms with Gasteiger partial charge >= 0.3 is 0 Å². The zero-order valence-electron chi connectivity index (χ0n) is 9.05. The molecule has 0 heterocycles. The lowest BCUT2D eigenvalue weighted by Gasteiger charge is -2.14. The first-order chi connectivity index (χ1) is 6.18. The third-order valence-corrected chi connectivity index (χ3v) is 2.08. The number of methoxy groups -OCH3 is 1. The highest BCUT2D eigenvalue weighted by molar-refractivity contribution is 4.62. The molecule has 0 amide bonds. The summed E-state index contributed by atoms with van der Waals surface area (Å²) in [6, 6.07) is 0. The van der Waals surface area contributed by atoms with Crippen molar-refractivity contribution in [2.45, 2.75) is 32.8 Å². The maximum atomic E-state index is 9.44. The Morgan fingerprint density at radius 2 is 2.00 bits per heavy atom. The quantitative estimate of drug-likeness (QED) is 0.560. The lowest BCUT2D eigenvalue weighted by molar-refractivity contribution is 0.123. The van der Waals surface area contributed by atoms with Crippen LogP contribution in [0.25, 0.3) is 0 Å². The van der Waals surface area contributed by atoms with Crippen LogP contribution in [0.2, 0.25) is 0 Å². The van der Waals surface area contributed by atoms with E-state index in [1.54, 1.807) is 7.11 Å². The van der Waals surface area contributed by atoms with Gasteiger partial charge in [-0.1, -0.05) is 13.8 Å². The van der Waals surface area contributed by atoms with E-state index < -0.39 is 0 Å². The molecule has 0 saturated heterocycles. The van der Waals surface area contributed by atoms with Crippen LogP contribution in [-0.4, -0.2) is 38.0 Å². The molecule has 1 unspecified atom stereocenters. The summed E-state index contributed by atoms with van der Waals surface area (Å²) in [6.45, 7) is 6.54. The van der Waals surface area contributed by atoms with E-state index in [4.69, 9.17) is 4.74 Å². The van der Waals surface area contributed by atoms with Gasteiger partial charge in [0.1, 0.15) is 0 Å². The van der Waals surface area contributed by atoms with Crippen molar-refractivity contribution in [2.24, 2.45) is 5.92 Å². The van der Waals surface area contributed by atoms with E-state index in [0.717, 1.165) is 26.0 Å². The van der Waals surface area contributed by atoms with Crippen molar-refractivity contribution in [1.29, 1.82) is 0 Å². The number of unbranched alkanes of at least 4 members (excludes halogenated alkanes) is 1. The Morgan fingerprint density at radius 3 is 2.54 bits per heavy atom. The van der Waals surface area contributed by atoms with E-state index in [0.29, 0.717) is 12.5 Å². The molecule has 0 aromatic carbocycles. The number of aliphatic hydroxyl groups excluding tert-OH is 1. The highest BCUT2D eigenvalue weighted by Crippen LogP contribution is 1.98. The molecule has 0 fully saturated rings. The molecule has 0 spiro atoms. The fourth-order valence-corrected chi connectivity index (χ4v) is 0.982. The number of hydrogen-bond acceptors (Lipinski definition) is 3. The Balaban J connectivity index is 3.07. The molecule has 3 heteroatoms. The maximum absolute atomic E-state index is 9.44. The van der Waals surface area contributed by atoms with E-state index in [-0.39, 0.29) is 6.10 Å². The Labute approximate surface area is 81.5 Å². The second-order valence-corrected chi connectivity index (χ2v) is 3.72. The molecule has 1 atom stereocenters. The molecule has 80 valence electrons. The average Bonchev–Trinajstić information content (AvgIpc) is 2.10. The summed E-state index contributed by atoms with van der Waals surface area (Å²) in [7, 11) is 1.72. The van der Waals surface area contributed by atoms with Crippen LogP contribution in [0, 0.1) is 5.92 Å². The van der Waals surface area contributed by atoms with Crippen LogP contribution < -0.4 is 5.32 Å². The van der Waals surface area contributed by atoms with Crippen LogP contribution >= 0.6 is 0 Å². The van der Waals surface area contributed by atoms with Crippen molar-refractivity contribution in [1.82, 2.24) is 5.32 Å². The van der Waals surface area contributed by atoms with Gasteiger partial charge in [0.15, 0.2) is 0 Å². The summed E-state index contributed by atoms with van der Waals surface area (Å²) < 4.78 is 4.93. The normalized spacial score (nSPS) is 13.6. The molecule has 0 aliphatic heterocycles. The number of rotatable bonds is 8. The second kappa shape index (κ2) is 8.48. The largest absolute Gasteiger partial charge is 0.392 e. The Morgan fingerprint density at radius 1 is 1.31 bits per heavy atom. The molecule has 0 bridgehead atoms. The van der Waals surface area contributed by atoms with Gasteiger partial charge in [0.25, 0.3) is 0 Å². The summed E-state index contributed by atoms with van der Waals surface area (Å²) in [5, 5.41) is 12.7. The number of nitrogens with one attached hydrogen (secondary N) is 1. The molecular weight excluding hydrogens is 166 g/mol. The highest BCUT2D eigenvalue weighted by Gasteiger charge is 2.06. The standard InChI is InChI=1S/C10H23NO2/c1-9(2)10(12)8-11-6-4-5-7-13-3/h9-12H,4-8H2,1-3H3. The van der Waals surface area contributed by atoms with Crippen LogP contribution in [0.1, 0.15) is 26.7 Å². The predicted octanol–water partition coefficient (Wildman–Crippen LogP) is 1.02. The van der Waals surface area contributed by atoms with Crippen molar-refractivity contribution >= 4 is 0 Å². The lowest BCUT2D eigenvalue weighted by Crippen LogP contribution is -2.31. The molecule has 0 aliphatic rings. The van der Waals surface area contributed by atoms with Gasteiger partial charge in [0, 0.05) is 20.3 Å². The summed E-state index contributed by atoms with van der Waals surface area (Å²) in [5.41, 5.74) is 0. The third kappa shape index (κ3) is 8.22. The van der Waals surface area contributed by atoms with Crippen molar-refractivity contribution in [3.8, 4) is 0 Å². The monoisotopic (exact) mass is 189 g/mol. The summed E-state index contributed by atoms with van der Waals surface area (Å²) >= 11 is 0. The van der Waals surface area contributed by atoms with Gasteiger partial charge in [-0.2, -0.15) is 0 Å². The smallest absolute Gasteiger partial charge is 0.0687 e. The van der Waals surface area contributed by atoms with Gasteiger partial charge in [0.05, 0.1) is 6.10 Å². The fraction of sp³-hybridized carbons (Fsp3) is 1.00. The molecule has 0 radical (unpaired) electrons. The Bertz CT molecular complexity index is 107. The topological polar surface area (TPSA) is 41.5 Å². The van der Waals surface area contributed by atoms with Crippen molar-refractivity contribution < 1.29 is 9.84 Å². The summed E-state index contributed by atoms with van der Waals surface area (Å²) in [4.78, 5) is 0. The number of aliphatic hydroxyl groups is 1. The van der Waals surface area contributed by atoms with Crippen LogP contribution in [0.4, 0.5) is 0 Å². The van der Waals surface area contributed by atoms with Gasteiger partial charge in [-0.3, -0.25) is 0 Å². The van der Waals surface area contributed by atoms with Crippen LogP contribution in [0.5, 0.6) is 0 Å². The van der Waals surface area contributed by atoms with Crippen LogP contribution in [-0.2, 0) is 4.74 Å². The van der Waals surface area contributed by atoms with Gasteiger partial charge < -0.3 is 15.2 Å². The van der Waals surface area contributed by atoms with Crippen molar-refractivity contribution in [3.63, 3.8) is 0 Å². The molecule has 13 heavy (non-hydrogen) atoms. The first-order valence-corrected chi connectivity index (χ1v) is 5.06. The minimum absolute atomic E-state index is 0.220. The lowest BCUT2D eigenvalue weighted by atomic mass is 10.1. The van der Waals surface area contributed by atoms with Crippen LogP contribution in [0.3, 0.4) is 0 Å². The summed E-state index contributed by atoms with van der Waals surface area (Å²) in [6.07, 6.45) is 1.97. The number of hydrogen-bond donors (Lipinski definition) is 2. The third-order valence-electron chi connectivity index (χ3n) is 2.08. The van der Waals surface area contributed by atoms with Gasteiger partial charge in [-0.05, 0) is 25.3 Å². The van der Waals surface area contributed by atoms with Gasteiger partial charge in [0.2, 0.25) is 0 Å². The van der Waals surface area contributed by atoms with E-state index in [1.807, 2.05) is 13.8 Å².